The molecule has 5 heteroatoms. The number of nitrogens with one attached hydrogen (secondary N) is 1. The molecule has 0 spiro atoms. The number of aromatic nitrogens is 1. The molecule has 24 heavy (non-hydrogen) atoms. The largest absolute Gasteiger partial charge is 0.484 e. The maximum absolute atomic E-state index is 11.7. The first kappa shape index (κ1) is 17.8. The molecule has 1 aromatic heterocycles. The first-order chi connectivity index (χ1) is 11.6. The highest BCUT2D eigenvalue weighted by molar-refractivity contribution is 5.81. The molecule has 0 radical (unpaired) electrons. The number of amides is 1. The Morgan fingerprint density at radius 1 is 1.33 bits per heavy atom. The van der Waals surface area contributed by atoms with Gasteiger partial charge >= 0.3 is 0 Å². The molecular formula is C19H25N3O2. The van der Waals surface area contributed by atoms with Crippen LogP contribution in [0.2, 0.25) is 0 Å². The lowest BCUT2D eigenvalue weighted by Gasteiger charge is -2.11. The zero-order valence-corrected chi connectivity index (χ0v) is 14.5. The van der Waals surface area contributed by atoms with Gasteiger partial charge in [0.1, 0.15) is 5.75 Å². The third-order valence-corrected chi connectivity index (χ3v) is 3.91. The zero-order chi connectivity index (χ0) is 17.4. The smallest absolute Gasteiger partial charge is 0.277 e. The molecule has 1 N–H and O–H groups in total. The first-order valence-electron chi connectivity index (χ1n) is 8.26. The fourth-order valence-electron chi connectivity index (χ4n) is 2.45. The molecule has 0 aliphatic carbocycles. The average molecular weight is 327 g/mol. The molecular weight excluding hydrogens is 302 g/mol. The van der Waals surface area contributed by atoms with Crippen molar-refractivity contribution in [2.45, 2.75) is 32.6 Å². The van der Waals surface area contributed by atoms with Crippen molar-refractivity contribution in [3.63, 3.8) is 0 Å². The Labute approximate surface area is 143 Å². The Hall–Kier alpha value is -2.56. The summed E-state index contributed by atoms with van der Waals surface area (Å²) >= 11 is 0. The Morgan fingerprint density at radius 3 is 2.71 bits per heavy atom. The van der Waals surface area contributed by atoms with Gasteiger partial charge in [-0.05, 0) is 42.2 Å². The number of carbonyl (C=O) groups excluding carboxylic acids is 1. The van der Waals surface area contributed by atoms with E-state index in [2.05, 4.69) is 36.5 Å². The molecule has 2 rings (SSSR count). The molecule has 2 aromatic rings. The highest BCUT2D eigenvalue weighted by Crippen LogP contribution is 2.22. The number of hydrogen-bond donors (Lipinski definition) is 1. The standard InChI is InChI=1S/C19H25N3O2/c1-4-6-15(2)16-8-10-18(11-9-16)24-14-19(23)21-20-13-17-7-5-12-22(17)3/h5,7-13,15H,4,6,14H2,1-3H3,(H,21,23)/b20-13-/t15-/m1/s1. The van der Waals surface area contributed by atoms with E-state index >= 15 is 0 Å². The third kappa shape index (κ3) is 5.26. The van der Waals surface area contributed by atoms with Gasteiger partial charge in [0.15, 0.2) is 6.61 Å². The van der Waals surface area contributed by atoms with Crippen molar-refractivity contribution in [3.8, 4) is 5.75 Å². The molecule has 0 saturated heterocycles. The normalized spacial score (nSPS) is 12.3. The Balaban J connectivity index is 1.77. The van der Waals surface area contributed by atoms with E-state index in [9.17, 15) is 4.79 Å². The minimum absolute atomic E-state index is 0.0612. The summed E-state index contributed by atoms with van der Waals surface area (Å²) in [4.78, 5) is 11.7. The third-order valence-electron chi connectivity index (χ3n) is 3.91. The number of benzene rings is 1. The van der Waals surface area contributed by atoms with E-state index in [1.165, 1.54) is 18.4 Å². The van der Waals surface area contributed by atoms with E-state index in [1.807, 2.05) is 42.1 Å². The van der Waals surface area contributed by atoms with Gasteiger partial charge in [0.05, 0.1) is 11.9 Å². The number of rotatable bonds is 8. The van der Waals surface area contributed by atoms with Crippen molar-refractivity contribution < 1.29 is 9.53 Å². The van der Waals surface area contributed by atoms with Crippen LogP contribution in [-0.2, 0) is 11.8 Å². The topological polar surface area (TPSA) is 55.6 Å². The quantitative estimate of drug-likeness (QED) is 0.596. The van der Waals surface area contributed by atoms with E-state index in [0.717, 1.165) is 5.69 Å². The molecule has 0 aliphatic heterocycles. The van der Waals surface area contributed by atoms with Gasteiger partial charge in [-0.2, -0.15) is 5.10 Å². The van der Waals surface area contributed by atoms with Crippen LogP contribution in [0.15, 0.2) is 47.7 Å². The highest BCUT2D eigenvalue weighted by atomic mass is 16.5. The maximum atomic E-state index is 11.7. The Morgan fingerprint density at radius 2 is 2.08 bits per heavy atom. The molecule has 1 amide bonds. The molecule has 5 nitrogen and oxygen atoms in total. The van der Waals surface area contributed by atoms with Crippen LogP contribution in [0, 0.1) is 0 Å². The van der Waals surface area contributed by atoms with E-state index < -0.39 is 0 Å². The summed E-state index contributed by atoms with van der Waals surface area (Å²) in [6.45, 7) is 4.35. The van der Waals surface area contributed by atoms with E-state index in [0.29, 0.717) is 11.7 Å². The number of hydrazone groups is 1. The minimum atomic E-state index is -0.288. The lowest BCUT2D eigenvalue weighted by Crippen LogP contribution is -2.24. The summed E-state index contributed by atoms with van der Waals surface area (Å²) in [6.07, 6.45) is 5.85. The van der Waals surface area contributed by atoms with Crippen LogP contribution in [0.3, 0.4) is 0 Å². The Bertz CT molecular complexity index is 674. The lowest BCUT2D eigenvalue weighted by atomic mass is 9.97. The van der Waals surface area contributed by atoms with Gasteiger partial charge in [0.2, 0.25) is 0 Å². The highest BCUT2D eigenvalue weighted by Gasteiger charge is 2.05. The van der Waals surface area contributed by atoms with Crippen molar-refractivity contribution in [1.82, 2.24) is 9.99 Å². The van der Waals surface area contributed by atoms with Gasteiger partial charge in [-0.15, -0.1) is 0 Å². The van der Waals surface area contributed by atoms with Crippen molar-refractivity contribution in [3.05, 3.63) is 53.9 Å². The Kier molecular flexibility index (Phi) is 6.61. The predicted molar refractivity (Wildman–Crippen MR) is 96.4 cm³/mol. The van der Waals surface area contributed by atoms with Gasteiger partial charge in [-0.25, -0.2) is 5.43 Å². The van der Waals surface area contributed by atoms with Gasteiger partial charge < -0.3 is 9.30 Å². The summed E-state index contributed by atoms with van der Waals surface area (Å²) < 4.78 is 7.39. The van der Waals surface area contributed by atoms with Crippen LogP contribution in [0.25, 0.3) is 0 Å². The molecule has 0 fully saturated rings. The van der Waals surface area contributed by atoms with Crippen molar-refractivity contribution in [2.24, 2.45) is 12.1 Å². The van der Waals surface area contributed by atoms with Crippen molar-refractivity contribution >= 4 is 12.1 Å². The number of carbonyl (C=O) groups is 1. The molecule has 0 aliphatic rings. The second-order valence-corrected chi connectivity index (χ2v) is 5.88. The fourth-order valence-corrected chi connectivity index (χ4v) is 2.45. The summed E-state index contributed by atoms with van der Waals surface area (Å²) in [6, 6.07) is 11.7. The molecule has 0 bridgehead atoms. The number of ether oxygens (including phenoxy) is 1. The molecule has 1 atom stereocenters. The van der Waals surface area contributed by atoms with Gasteiger partial charge in [-0.1, -0.05) is 32.4 Å². The van der Waals surface area contributed by atoms with Crippen LogP contribution in [0.5, 0.6) is 5.75 Å². The second kappa shape index (κ2) is 8.91. The van der Waals surface area contributed by atoms with Crippen LogP contribution < -0.4 is 10.2 Å². The molecule has 0 saturated carbocycles. The monoisotopic (exact) mass is 327 g/mol. The van der Waals surface area contributed by atoms with E-state index in [4.69, 9.17) is 4.74 Å². The fraction of sp³-hybridized carbons (Fsp3) is 0.368. The zero-order valence-electron chi connectivity index (χ0n) is 14.5. The average Bonchev–Trinajstić information content (AvgIpc) is 2.99. The van der Waals surface area contributed by atoms with E-state index in [-0.39, 0.29) is 12.5 Å². The molecule has 1 aromatic carbocycles. The lowest BCUT2D eigenvalue weighted by molar-refractivity contribution is -0.123. The number of aryl methyl sites for hydroxylation is 1. The van der Waals surface area contributed by atoms with Crippen LogP contribution in [0.1, 0.15) is 43.9 Å². The summed E-state index contributed by atoms with van der Waals surface area (Å²) in [5.74, 6) is 0.937. The SMILES string of the molecule is CCC[C@@H](C)c1ccc(OCC(=O)N/N=C\c2cccn2C)cc1. The van der Waals surface area contributed by atoms with Crippen molar-refractivity contribution in [1.29, 1.82) is 0 Å². The first-order valence-corrected chi connectivity index (χ1v) is 8.26. The van der Waals surface area contributed by atoms with Crippen molar-refractivity contribution in [2.75, 3.05) is 6.61 Å². The number of hydrogen-bond acceptors (Lipinski definition) is 3. The predicted octanol–water partition coefficient (Wildman–Crippen LogP) is 3.46. The number of nitrogens with zero attached hydrogens (tertiary/aromatic N) is 2. The van der Waals surface area contributed by atoms with Gasteiger partial charge in [-0.3, -0.25) is 4.79 Å². The molecule has 1 heterocycles. The molecule has 0 unspecified atom stereocenters. The maximum Gasteiger partial charge on any atom is 0.277 e. The summed E-state index contributed by atoms with van der Waals surface area (Å²) in [7, 11) is 1.91. The minimum Gasteiger partial charge on any atom is -0.484 e. The van der Waals surface area contributed by atoms with E-state index in [1.54, 1.807) is 6.21 Å². The van der Waals surface area contributed by atoms with Crippen LogP contribution in [0.4, 0.5) is 0 Å². The van der Waals surface area contributed by atoms with Crippen LogP contribution >= 0.6 is 0 Å². The van der Waals surface area contributed by atoms with Gasteiger partial charge in [0.25, 0.3) is 5.91 Å². The van der Waals surface area contributed by atoms with Gasteiger partial charge in [0, 0.05) is 13.2 Å². The second-order valence-electron chi connectivity index (χ2n) is 5.88. The van der Waals surface area contributed by atoms with Crippen LogP contribution in [-0.4, -0.2) is 23.3 Å². The summed E-state index contributed by atoms with van der Waals surface area (Å²) in [5, 5.41) is 3.92. The molecule has 128 valence electrons. The summed E-state index contributed by atoms with van der Waals surface area (Å²) in [5.41, 5.74) is 4.66.